The maximum absolute atomic E-state index is 14.0. The Morgan fingerprint density at radius 2 is 1.83 bits per heavy atom. The summed E-state index contributed by atoms with van der Waals surface area (Å²) in [5.74, 6) is 0.933. The molecule has 1 aromatic heterocycles. The molecule has 3 aliphatic heterocycles. The van der Waals surface area contributed by atoms with Gasteiger partial charge in [0.1, 0.15) is 6.54 Å². The minimum Gasteiger partial charge on any atom is -0.459 e. The number of carbonyl (C=O) groups is 2. The number of fused-ring (bicyclic) bond motifs is 1. The Morgan fingerprint density at radius 3 is 2.61 bits per heavy atom. The maximum atomic E-state index is 14.0. The van der Waals surface area contributed by atoms with Gasteiger partial charge in [0.25, 0.3) is 11.8 Å². The lowest BCUT2D eigenvalue weighted by atomic mass is 9.96. The number of amides is 2. The van der Waals surface area contributed by atoms with E-state index in [0.29, 0.717) is 44.2 Å². The summed E-state index contributed by atoms with van der Waals surface area (Å²) in [6.45, 7) is 8.09. The fourth-order valence-electron chi connectivity index (χ4n) is 5.35. The largest absolute Gasteiger partial charge is 0.459 e. The molecule has 1 saturated heterocycles. The Morgan fingerprint density at radius 1 is 1.00 bits per heavy atom. The van der Waals surface area contributed by atoms with E-state index < -0.39 is 0 Å². The van der Waals surface area contributed by atoms with Crippen LogP contribution in [0.5, 0.6) is 11.5 Å². The summed E-state index contributed by atoms with van der Waals surface area (Å²) in [7, 11) is 0. The lowest BCUT2D eigenvalue weighted by molar-refractivity contribution is -0.133. The molecule has 3 aliphatic rings. The summed E-state index contributed by atoms with van der Waals surface area (Å²) in [6.07, 6.45) is 2.00. The zero-order valence-electron chi connectivity index (χ0n) is 23.4. The number of ether oxygens (including phenoxy) is 3. The van der Waals surface area contributed by atoms with Crippen molar-refractivity contribution < 1.29 is 28.2 Å². The molecular formula is C31H34N4O6. The molecule has 10 heteroatoms. The zero-order valence-corrected chi connectivity index (χ0v) is 23.4. The van der Waals surface area contributed by atoms with Gasteiger partial charge in [-0.3, -0.25) is 14.5 Å². The molecule has 41 heavy (non-hydrogen) atoms. The molecular weight excluding hydrogens is 524 g/mol. The topological polar surface area (TPSA) is 97.1 Å². The van der Waals surface area contributed by atoms with Crippen LogP contribution in [0, 0.1) is 13.8 Å². The first-order valence-electron chi connectivity index (χ1n) is 14.0. The number of furan rings is 1. The van der Waals surface area contributed by atoms with Gasteiger partial charge in [0, 0.05) is 32.6 Å². The van der Waals surface area contributed by atoms with E-state index in [0.717, 1.165) is 35.5 Å². The molecule has 1 fully saturated rings. The Kier molecular flexibility index (Phi) is 7.76. The predicted molar refractivity (Wildman–Crippen MR) is 151 cm³/mol. The van der Waals surface area contributed by atoms with Crippen LogP contribution in [-0.2, 0) is 9.53 Å². The molecule has 0 aliphatic carbocycles. The third-order valence-corrected chi connectivity index (χ3v) is 7.92. The highest BCUT2D eigenvalue weighted by Crippen LogP contribution is 2.39. The van der Waals surface area contributed by atoms with Gasteiger partial charge in [-0.1, -0.05) is 18.2 Å². The second kappa shape index (κ2) is 11.8. The smallest absolute Gasteiger partial charge is 0.290 e. The van der Waals surface area contributed by atoms with Crippen LogP contribution in [-0.4, -0.2) is 85.1 Å². The number of hydrogen-bond acceptors (Lipinski definition) is 8. The first-order chi connectivity index (χ1) is 20.0. The maximum Gasteiger partial charge on any atom is 0.290 e. The number of hydrogen-bond donors (Lipinski definition) is 0. The van der Waals surface area contributed by atoms with Crippen LogP contribution in [0.15, 0.2) is 64.3 Å². The molecule has 4 heterocycles. The number of benzene rings is 2. The van der Waals surface area contributed by atoms with Crippen molar-refractivity contribution in [1.82, 2.24) is 14.8 Å². The van der Waals surface area contributed by atoms with Crippen molar-refractivity contribution in [3.05, 3.63) is 82.8 Å². The first-order valence-corrected chi connectivity index (χ1v) is 14.0. The van der Waals surface area contributed by atoms with Gasteiger partial charge in [-0.15, -0.1) is 0 Å². The summed E-state index contributed by atoms with van der Waals surface area (Å²) in [5.41, 5.74) is 5.04. The van der Waals surface area contributed by atoms with Gasteiger partial charge in [0.2, 0.25) is 6.79 Å². The van der Waals surface area contributed by atoms with Crippen molar-refractivity contribution >= 4 is 17.5 Å². The third kappa shape index (κ3) is 5.84. The van der Waals surface area contributed by atoms with Gasteiger partial charge >= 0.3 is 0 Å². The van der Waals surface area contributed by atoms with Crippen LogP contribution < -0.4 is 9.47 Å². The molecule has 0 unspecified atom stereocenters. The van der Waals surface area contributed by atoms with E-state index >= 15 is 0 Å². The molecule has 214 valence electrons. The lowest BCUT2D eigenvalue weighted by Gasteiger charge is -2.30. The molecule has 0 N–H and O–H groups in total. The minimum atomic E-state index is -0.353. The molecule has 10 nitrogen and oxygen atoms in total. The summed E-state index contributed by atoms with van der Waals surface area (Å²) in [4.78, 5) is 31.2. The lowest BCUT2D eigenvalue weighted by Crippen LogP contribution is -2.46. The SMILES string of the molecule is Cc1ccc(C2=NN(C(=O)CN(CCN3CCOCC3)C(=O)c3ccco3)[C@H](c3ccc4c(c3)OCO4)C2)cc1C. The number of carbonyl (C=O) groups excluding carboxylic acids is 2. The number of hydrazone groups is 1. The van der Waals surface area contributed by atoms with E-state index in [1.807, 2.05) is 24.3 Å². The van der Waals surface area contributed by atoms with Crippen molar-refractivity contribution in [3.8, 4) is 11.5 Å². The fraction of sp³-hybridized carbons (Fsp3) is 0.387. The second-order valence-corrected chi connectivity index (χ2v) is 10.6. The molecule has 6 rings (SSSR count). The predicted octanol–water partition coefficient (Wildman–Crippen LogP) is 3.78. The van der Waals surface area contributed by atoms with Gasteiger partial charge in [0.05, 0.1) is 31.2 Å². The average Bonchev–Trinajstić information content (AvgIpc) is 3.77. The fourth-order valence-corrected chi connectivity index (χ4v) is 5.35. The van der Waals surface area contributed by atoms with Crippen LogP contribution >= 0.6 is 0 Å². The average molecular weight is 559 g/mol. The highest BCUT2D eigenvalue weighted by molar-refractivity contribution is 6.04. The number of nitrogens with zero attached hydrogens (tertiary/aromatic N) is 4. The summed E-state index contributed by atoms with van der Waals surface area (Å²) in [6, 6.07) is 14.9. The van der Waals surface area contributed by atoms with Crippen molar-refractivity contribution in [2.75, 3.05) is 52.7 Å². The van der Waals surface area contributed by atoms with E-state index in [9.17, 15) is 9.59 Å². The van der Waals surface area contributed by atoms with Gasteiger partial charge in [0.15, 0.2) is 17.3 Å². The van der Waals surface area contributed by atoms with Gasteiger partial charge in [-0.05, 0) is 66.4 Å². The van der Waals surface area contributed by atoms with Crippen LogP contribution in [0.1, 0.15) is 45.3 Å². The Labute approximate surface area is 239 Å². The number of morpholine rings is 1. The normalized spacial score (nSPS) is 18.4. The molecule has 3 aromatic rings. The first kappa shape index (κ1) is 27.0. The highest BCUT2D eigenvalue weighted by Gasteiger charge is 2.36. The van der Waals surface area contributed by atoms with Gasteiger partial charge in [-0.2, -0.15) is 5.10 Å². The van der Waals surface area contributed by atoms with Crippen molar-refractivity contribution in [3.63, 3.8) is 0 Å². The molecule has 1 atom stereocenters. The zero-order chi connectivity index (χ0) is 28.3. The monoisotopic (exact) mass is 558 g/mol. The summed E-state index contributed by atoms with van der Waals surface area (Å²) in [5, 5.41) is 6.37. The molecule has 0 bridgehead atoms. The Hall–Kier alpha value is -4.15. The van der Waals surface area contributed by atoms with E-state index in [-0.39, 0.29) is 37.0 Å². The standard InChI is InChI=1S/C31H34N4O6/c1-21-5-6-23(16-22(21)2)25-18-26(24-7-8-27-29(17-24)41-20-40-27)35(32-25)30(36)19-34(31(37)28-4-3-13-39-28)10-9-33-11-14-38-15-12-33/h3-8,13,16-17,26H,9-12,14-15,18-20H2,1-2H3/t26-/m0/s1. The van der Waals surface area contributed by atoms with Gasteiger partial charge in [-0.25, -0.2) is 5.01 Å². The quantitative estimate of drug-likeness (QED) is 0.415. The highest BCUT2D eigenvalue weighted by atomic mass is 16.7. The molecule has 2 amide bonds. The molecule has 0 spiro atoms. The molecule has 0 saturated carbocycles. The van der Waals surface area contributed by atoms with Crippen molar-refractivity contribution in [2.24, 2.45) is 5.10 Å². The Bertz CT molecular complexity index is 1450. The molecule has 2 aromatic carbocycles. The van der Waals surface area contributed by atoms with Crippen LogP contribution in [0.25, 0.3) is 0 Å². The van der Waals surface area contributed by atoms with Crippen LogP contribution in [0.2, 0.25) is 0 Å². The number of aryl methyl sites for hydroxylation is 2. The number of rotatable bonds is 8. The van der Waals surface area contributed by atoms with E-state index in [1.165, 1.54) is 16.8 Å². The van der Waals surface area contributed by atoms with Crippen molar-refractivity contribution in [1.29, 1.82) is 0 Å². The van der Waals surface area contributed by atoms with E-state index in [2.05, 4.69) is 30.9 Å². The van der Waals surface area contributed by atoms with Crippen molar-refractivity contribution in [2.45, 2.75) is 26.3 Å². The third-order valence-electron chi connectivity index (χ3n) is 7.92. The van der Waals surface area contributed by atoms with Gasteiger partial charge < -0.3 is 23.5 Å². The molecule has 0 radical (unpaired) electrons. The van der Waals surface area contributed by atoms with Crippen LogP contribution in [0.4, 0.5) is 0 Å². The van der Waals surface area contributed by atoms with Crippen LogP contribution in [0.3, 0.4) is 0 Å². The summed E-state index contributed by atoms with van der Waals surface area (Å²) >= 11 is 0. The second-order valence-electron chi connectivity index (χ2n) is 10.6. The van der Waals surface area contributed by atoms with E-state index in [4.69, 9.17) is 23.7 Å². The minimum absolute atomic E-state index is 0.130. The summed E-state index contributed by atoms with van der Waals surface area (Å²) < 4.78 is 22.0. The Balaban J connectivity index is 1.28. The van der Waals surface area contributed by atoms with E-state index in [1.54, 1.807) is 17.0 Å².